The number of nitrogens with zero attached hydrogens (tertiary/aromatic N) is 2. The smallest absolute Gasteiger partial charge is 0.326 e. The Hall–Kier alpha value is -3.44. The zero-order valence-electron chi connectivity index (χ0n) is 20.8. The van der Waals surface area contributed by atoms with E-state index in [-0.39, 0.29) is 29.3 Å². The SMILES string of the molecule is CN(C)C(=O)Nc1ccc(CC(NC(=O)C2C3CCC(CC3)N2S(=O)(=O)c2ccccc2)C(=O)O)cc1. The van der Waals surface area contributed by atoms with Gasteiger partial charge in [-0.2, -0.15) is 4.31 Å². The predicted molar refractivity (Wildman–Crippen MR) is 137 cm³/mol. The molecule has 198 valence electrons. The molecule has 2 aromatic rings. The molecular weight excluding hydrogens is 496 g/mol. The molecule has 0 aromatic heterocycles. The Labute approximate surface area is 216 Å². The van der Waals surface area contributed by atoms with Crippen molar-refractivity contribution in [2.45, 2.75) is 55.1 Å². The van der Waals surface area contributed by atoms with Crippen molar-refractivity contribution in [1.29, 1.82) is 0 Å². The Kier molecular flexibility index (Phi) is 7.84. The van der Waals surface area contributed by atoms with Gasteiger partial charge < -0.3 is 20.6 Å². The van der Waals surface area contributed by atoms with E-state index in [1.807, 2.05) is 0 Å². The molecule has 0 spiro atoms. The van der Waals surface area contributed by atoms with E-state index in [4.69, 9.17) is 0 Å². The van der Waals surface area contributed by atoms with Crippen molar-refractivity contribution >= 4 is 33.6 Å². The van der Waals surface area contributed by atoms with E-state index in [9.17, 15) is 27.9 Å². The summed E-state index contributed by atoms with van der Waals surface area (Å²) < 4.78 is 28.4. The second-order valence-electron chi connectivity index (χ2n) is 9.79. The van der Waals surface area contributed by atoms with Gasteiger partial charge in [0.15, 0.2) is 0 Å². The largest absolute Gasteiger partial charge is 0.480 e. The number of nitrogens with one attached hydrogen (secondary N) is 2. The fraction of sp³-hybridized carbons (Fsp3) is 0.423. The van der Waals surface area contributed by atoms with E-state index in [0.29, 0.717) is 24.1 Å². The number of anilines is 1. The Balaban J connectivity index is 1.51. The zero-order valence-corrected chi connectivity index (χ0v) is 21.6. The first kappa shape index (κ1) is 26.6. The molecule has 5 rings (SSSR count). The van der Waals surface area contributed by atoms with Crippen LogP contribution in [0, 0.1) is 5.92 Å². The molecule has 2 atom stereocenters. The molecule has 2 heterocycles. The van der Waals surface area contributed by atoms with Gasteiger partial charge >= 0.3 is 12.0 Å². The number of aliphatic carboxylic acids is 1. The standard InChI is InChI=1S/C26H32N4O6S/c1-29(2)26(34)27-19-12-8-17(9-13-19)16-22(25(32)33)28-24(31)23-18-10-14-20(15-11-18)30(23)37(35,36)21-6-4-3-5-7-21/h3-9,12-13,18,20,22-23H,10-11,14-16H2,1-2H3,(H,27,34)(H,28,31)(H,32,33). The minimum atomic E-state index is -3.94. The van der Waals surface area contributed by atoms with Crippen LogP contribution in [0.3, 0.4) is 0 Å². The van der Waals surface area contributed by atoms with Crippen molar-refractivity contribution in [2.24, 2.45) is 5.92 Å². The number of hydrogen-bond donors (Lipinski definition) is 3. The average Bonchev–Trinajstić information content (AvgIpc) is 2.89. The van der Waals surface area contributed by atoms with Crippen molar-refractivity contribution in [3.8, 4) is 0 Å². The molecule has 37 heavy (non-hydrogen) atoms. The van der Waals surface area contributed by atoms with Crippen LogP contribution >= 0.6 is 0 Å². The molecule has 2 aromatic carbocycles. The van der Waals surface area contributed by atoms with Gasteiger partial charge in [0.2, 0.25) is 15.9 Å². The summed E-state index contributed by atoms with van der Waals surface area (Å²) in [6, 6.07) is 11.9. The van der Waals surface area contributed by atoms with Crippen molar-refractivity contribution in [1.82, 2.24) is 14.5 Å². The summed E-state index contributed by atoms with van der Waals surface area (Å²) in [5.74, 6) is -1.97. The van der Waals surface area contributed by atoms with E-state index < -0.39 is 34.0 Å². The molecule has 1 aliphatic carbocycles. The Bertz CT molecular complexity index is 1240. The summed E-state index contributed by atoms with van der Waals surface area (Å²) in [4.78, 5) is 38.9. The summed E-state index contributed by atoms with van der Waals surface area (Å²) in [5.41, 5.74) is 1.20. The van der Waals surface area contributed by atoms with E-state index in [1.165, 1.54) is 21.3 Å². The minimum absolute atomic E-state index is 0.00916. The van der Waals surface area contributed by atoms with Crippen LogP contribution < -0.4 is 10.6 Å². The number of fused-ring (bicyclic) bond motifs is 3. The number of carboxylic acids is 1. The Morgan fingerprint density at radius 3 is 2.19 bits per heavy atom. The lowest BCUT2D eigenvalue weighted by Gasteiger charge is -2.49. The van der Waals surface area contributed by atoms with Crippen LogP contribution in [-0.2, 0) is 26.0 Å². The molecule has 2 aliphatic heterocycles. The van der Waals surface area contributed by atoms with Gasteiger partial charge in [-0.25, -0.2) is 18.0 Å². The van der Waals surface area contributed by atoms with Crippen LogP contribution in [0.1, 0.15) is 31.2 Å². The van der Waals surface area contributed by atoms with Gasteiger partial charge in [0.1, 0.15) is 12.1 Å². The number of amides is 3. The van der Waals surface area contributed by atoms with Crippen LogP contribution in [0.25, 0.3) is 0 Å². The fourth-order valence-electron chi connectivity index (χ4n) is 5.15. The minimum Gasteiger partial charge on any atom is -0.480 e. The van der Waals surface area contributed by atoms with Gasteiger partial charge in [-0.3, -0.25) is 4.79 Å². The summed E-state index contributed by atoms with van der Waals surface area (Å²) in [5, 5.41) is 15.2. The van der Waals surface area contributed by atoms with Crippen molar-refractivity contribution < 1.29 is 27.9 Å². The monoisotopic (exact) mass is 528 g/mol. The Morgan fingerprint density at radius 2 is 1.62 bits per heavy atom. The third-order valence-corrected chi connectivity index (χ3v) is 9.02. The highest BCUT2D eigenvalue weighted by Crippen LogP contribution is 2.42. The third kappa shape index (κ3) is 5.78. The molecule has 1 saturated carbocycles. The van der Waals surface area contributed by atoms with E-state index >= 15 is 0 Å². The predicted octanol–water partition coefficient (Wildman–Crippen LogP) is 2.52. The normalized spacial score (nSPS) is 22.2. The molecule has 3 fully saturated rings. The molecule has 3 amide bonds. The lowest BCUT2D eigenvalue weighted by Crippen LogP contribution is -2.63. The molecule has 2 saturated heterocycles. The first-order chi connectivity index (χ1) is 17.6. The molecule has 2 bridgehead atoms. The molecule has 3 aliphatic rings. The number of urea groups is 1. The molecule has 2 unspecified atom stereocenters. The van der Waals surface area contributed by atoms with Crippen LogP contribution in [0.4, 0.5) is 10.5 Å². The second kappa shape index (κ2) is 10.9. The van der Waals surface area contributed by atoms with Crippen molar-refractivity contribution in [3.05, 3.63) is 60.2 Å². The number of piperidine rings is 2. The van der Waals surface area contributed by atoms with Gasteiger partial charge in [-0.05, 0) is 61.4 Å². The highest BCUT2D eigenvalue weighted by Gasteiger charge is 2.51. The first-order valence-electron chi connectivity index (χ1n) is 12.3. The number of carbonyl (C=O) groups excluding carboxylic acids is 2. The molecular formula is C26H32N4O6S. The van der Waals surface area contributed by atoms with Gasteiger partial charge in [0, 0.05) is 32.2 Å². The summed E-state index contributed by atoms with van der Waals surface area (Å²) in [6.45, 7) is 0. The number of benzene rings is 2. The molecule has 10 nitrogen and oxygen atoms in total. The number of hydrogen-bond acceptors (Lipinski definition) is 5. The summed E-state index contributed by atoms with van der Waals surface area (Å²) in [6.07, 6.45) is 2.82. The quantitative estimate of drug-likeness (QED) is 0.482. The van der Waals surface area contributed by atoms with Gasteiger partial charge in [-0.15, -0.1) is 0 Å². The first-order valence-corrected chi connectivity index (χ1v) is 13.7. The van der Waals surface area contributed by atoms with Crippen LogP contribution in [0.15, 0.2) is 59.5 Å². The van der Waals surface area contributed by atoms with Crippen molar-refractivity contribution in [3.63, 3.8) is 0 Å². The second-order valence-corrected chi connectivity index (χ2v) is 11.6. The third-order valence-electron chi connectivity index (χ3n) is 7.07. The highest BCUT2D eigenvalue weighted by atomic mass is 32.2. The average molecular weight is 529 g/mol. The van der Waals surface area contributed by atoms with E-state index in [2.05, 4.69) is 10.6 Å². The number of carbonyl (C=O) groups is 3. The van der Waals surface area contributed by atoms with Crippen LogP contribution in [-0.4, -0.2) is 72.9 Å². The number of rotatable bonds is 8. The number of carboxylic acid groups (broad SMARTS) is 1. The Morgan fingerprint density at radius 1 is 1.00 bits per heavy atom. The lowest BCUT2D eigenvalue weighted by atomic mass is 9.76. The number of sulfonamides is 1. The molecule has 3 N–H and O–H groups in total. The van der Waals surface area contributed by atoms with E-state index in [0.717, 1.165) is 12.8 Å². The highest BCUT2D eigenvalue weighted by molar-refractivity contribution is 7.89. The van der Waals surface area contributed by atoms with Crippen molar-refractivity contribution in [2.75, 3.05) is 19.4 Å². The fourth-order valence-corrected chi connectivity index (χ4v) is 7.06. The van der Waals surface area contributed by atoms with E-state index in [1.54, 1.807) is 56.6 Å². The summed E-state index contributed by atoms with van der Waals surface area (Å²) in [7, 11) is -0.697. The zero-order chi connectivity index (χ0) is 26.7. The summed E-state index contributed by atoms with van der Waals surface area (Å²) >= 11 is 0. The maximum absolute atomic E-state index is 13.5. The lowest BCUT2D eigenvalue weighted by molar-refractivity contribution is -0.143. The maximum atomic E-state index is 13.5. The van der Waals surface area contributed by atoms with Gasteiger partial charge in [0.05, 0.1) is 4.90 Å². The van der Waals surface area contributed by atoms with Gasteiger partial charge in [0.25, 0.3) is 0 Å². The van der Waals surface area contributed by atoms with Crippen LogP contribution in [0.5, 0.6) is 0 Å². The van der Waals surface area contributed by atoms with Gasteiger partial charge in [-0.1, -0.05) is 30.3 Å². The maximum Gasteiger partial charge on any atom is 0.326 e. The topological polar surface area (TPSA) is 136 Å². The molecule has 11 heteroatoms. The van der Waals surface area contributed by atoms with Crippen LogP contribution in [0.2, 0.25) is 0 Å². The molecule has 0 radical (unpaired) electrons.